The molecule has 1 N–H and O–H groups in total. The number of fused-ring (bicyclic) bond motifs is 1. The van der Waals surface area contributed by atoms with Gasteiger partial charge in [-0.15, -0.1) is 0 Å². The van der Waals surface area contributed by atoms with Crippen LogP contribution in [0, 0.1) is 0 Å². The molecule has 0 amide bonds. The van der Waals surface area contributed by atoms with Crippen LogP contribution in [0.25, 0.3) is 0 Å². The van der Waals surface area contributed by atoms with E-state index < -0.39 is 0 Å². The van der Waals surface area contributed by atoms with Gasteiger partial charge in [0.1, 0.15) is 0 Å². The highest BCUT2D eigenvalue weighted by molar-refractivity contribution is 5.36. The van der Waals surface area contributed by atoms with Crippen LogP contribution in [0.5, 0.6) is 0 Å². The van der Waals surface area contributed by atoms with Crippen LogP contribution in [-0.2, 0) is 12.8 Å². The van der Waals surface area contributed by atoms with Gasteiger partial charge in [-0.05, 0) is 30.4 Å². The Kier molecular flexibility index (Phi) is 3.28. The molecule has 0 radical (unpaired) electrons. The number of anilines is 1. The van der Waals surface area contributed by atoms with Crippen molar-refractivity contribution in [1.29, 1.82) is 0 Å². The standard InChI is InChI=1S/C16H21N3/c1-3-12-5-7-13(8-6-12)15-9-10-17-16-18-14(4-2)11-19(15)16/h5-8,11,15H,3-4,9-10H2,1-2H3,(H,17,18). The van der Waals surface area contributed by atoms with E-state index in [9.17, 15) is 0 Å². The third-order valence-corrected chi connectivity index (χ3v) is 3.95. The van der Waals surface area contributed by atoms with Crippen molar-refractivity contribution in [2.45, 2.75) is 39.2 Å². The van der Waals surface area contributed by atoms with Gasteiger partial charge >= 0.3 is 0 Å². The molecule has 1 aromatic carbocycles. The molecule has 2 aromatic rings. The fraction of sp³-hybridized carbons (Fsp3) is 0.438. The van der Waals surface area contributed by atoms with E-state index in [-0.39, 0.29) is 0 Å². The van der Waals surface area contributed by atoms with Crippen LogP contribution in [0.4, 0.5) is 5.95 Å². The number of rotatable bonds is 3. The van der Waals surface area contributed by atoms with E-state index in [4.69, 9.17) is 0 Å². The summed E-state index contributed by atoms with van der Waals surface area (Å²) in [6.07, 6.45) is 5.41. The van der Waals surface area contributed by atoms with E-state index in [1.807, 2.05) is 0 Å². The fourth-order valence-electron chi connectivity index (χ4n) is 2.75. The number of benzene rings is 1. The smallest absolute Gasteiger partial charge is 0.203 e. The highest BCUT2D eigenvalue weighted by Crippen LogP contribution is 2.30. The van der Waals surface area contributed by atoms with Gasteiger partial charge in [0.2, 0.25) is 5.95 Å². The minimum absolute atomic E-state index is 0.426. The number of hydrogen-bond acceptors (Lipinski definition) is 2. The molecule has 3 rings (SSSR count). The molecular weight excluding hydrogens is 234 g/mol. The quantitative estimate of drug-likeness (QED) is 0.910. The van der Waals surface area contributed by atoms with Crippen LogP contribution >= 0.6 is 0 Å². The van der Waals surface area contributed by atoms with Crippen molar-refractivity contribution >= 4 is 5.95 Å². The first kappa shape index (κ1) is 12.3. The second kappa shape index (κ2) is 5.08. The summed E-state index contributed by atoms with van der Waals surface area (Å²) in [4.78, 5) is 4.63. The first-order valence-electron chi connectivity index (χ1n) is 7.22. The van der Waals surface area contributed by atoms with Crippen molar-refractivity contribution in [3.05, 3.63) is 47.3 Å². The summed E-state index contributed by atoms with van der Waals surface area (Å²) in [5.41, 5.74) is 3.96. The molecular formula is C16H21N3. The molecule has 1 unspecified atom stereocenters. The maximum atomic E-state index is 4.63. The average Bonchev–Trinajstić information content (AvgIpc) is 2.90. The minimum atomic E-state index is 0.426. The second-order valence-electron chi connectivity index (χ2n) is 5.14. The second-order valence-corrected chi connectivity index (χ2v) is 5.14. The molecule has 1 aliphatic heterocycles. The average molecular weight is 255 g/mol. The predicted molar refractivity (Wildman–Crippen MR) is 78.7 cm³/mol. The SMILES string of the molecule is CCc1ccc(C2CCNc3nc(CC)cn32)cc1. The maximum Gasteiger partial charge on any atom is 0.203 e. The Morgan fingerprint density at radius 3 is 2.68 bits per heavy atom. The lowest BCUT2D eigenvalue weighted by atomic mass is 10.0. The van der Waals surface area contributed by atoms with Gasteiger partial charge in [-0.25, -0.2) is 4.98 Å². The molecule has 3 nitrogen and oxygen atoms in total. The van der Waals surface area contributed by atoms with Crippen molar-refractivity contribution in [2.75, 3.05) is 11.9 Å². The summed E-state index contributed by atoms with van der Waals surface area (Å²) < 4.78 is 2.29. The number of nitrogens with zero attached hydrogens (tertiary/aromatic N) is 2. The number of hydrogen-bond donors (Lipinski definition) is 1. The van der Waals surface area contributed by atoms with Crippen LogP contribution < -0.4 is 5.32 Å². The molecule has 0 saturated heterocycles. The highest BCUT2D eigenvalue weighted by atomic mass is 15.2. The van der Waals surface area contributed by atoms with Crippen LogP contribution in [0.15, 0.2) is 30.5 Å². The third kappa shape index (κ3) is 2.25. The summed E-state index contributed by atoms with van der Waals surface area (Å²) in [6, 6.07) is 9.45. The van der Waals surface area contributed by atoms with E-state index >= 15 is 0 Å². The maximum absolute atomic E-state index is 4.63. The third-order valence-electron chi connectivity index (χ3n) is 3.95. The summed E-state index contributed by atoms with van der Waals surface area (Å²) >= 11 is 0. The van der Waals surface area contributed by atoms with Gasteiger partial charge in [-0.3, -0.25) is 0 Å². The highest BCUT2D eigenvalue weighted by Gasteiger charge is 2.22. The van der Waals surface area contributed by atoms with Crippen molar-refractivity contribution in [3.8, 4) is 0 Å². The summed E-state index contributed by atoms with van der Waals surface area (Å²) in [7, 11) is 0. The lowest BCUT2D eigenvalue weighted by Gasteiger charge is -2.26. The van der Waals surface area contributed by atoms with Crippen LogP contribution in [0.1, 0.15) is 43.1 Å². The van der Waals surface area contributed by atoms with Crippen molar-refractivity contribution < 1.29 is 0 Å². The Hall–Kier alpha value is -1.77. The zero-order chi connectivity index (χ0) is 13.2. The predicted octanol–water partition coefficient (Wildman–Crippen LogP) is 3.41. The molecule has 19 heavy (non-hydrogen) atoms. The van der Waals surface area contributed by atoms with E-state index in [1.165, 1.54) is 16.8 Å². The Labute approximate surface area is 114 Å². The van der Waals surface area contributed by atoms with Crippen LogP contribution in [0.3, 0.4) is 0 Å². The summed E-state index contributed by atoms with van der Waals surface area (Å²) in [6.45, 7) is 5.35. The van der Waals surface area contributed by atoms with E-state index in [1.54, 1.807) is 0 Å². The van der Waals surface area contributed by atoms with E-state index in [0.29, 0.717) is 6.04 Å². The number of imidazole rings is 1. The summed E-state index contributed by atoms with van der Waals surface area (Å²) in [5.74, 6) is 1.02. The Balaban J connectivity index is 1.95. The van der Waals surface area contributed by atoms with Crippen LogP contribution in [0.2, 0.25) is 0 Å². The Morgan fingerprint density at radius 1 is 1.21 bits per heavy atom. The molecule has 0 spiro atoms. The van der Waals surface area contributed by atoms with Gasteiger partial charge in [0.15, 0.2) is 0 Å². The van der Waals surface area contributed by atoms with E-state index in [2.05, 4.69) is 59.2 Å². The largest absolute Gasteiger partial charge is 0.356 e. The van der Waals surface area contributed by atoms with Gasteiger partial charge in [0, 0.05) is 12.7 Å². The Morgan fingerprint density at radius 2 is 2.00 bits per heavy atom. The fourth-order valence-corrected chi connectivity index (χ4v) is 2.75. The van der Waals surface area contributed by atoms with Crippen molar-refractivity contribution in [2.24, 2.45) is 0 Å². The number of nitrogens with one attached hydrogen (secondary N) is 1. The zero-order valence-corrected chi connectivity index (χ0v) is 11.7. The molecule has 1 aromatic heterocycles. The van der Waals surface area contributed by atoms with Crippen LogP contribution in [-0.4, -0.2) is 16.1 Å². The molecule has 0 bridgehead atoms. The topological polar surface area (TPSA) is 29.9 Å². The van der Waals surface area contributed by atoms with Crippen molar-refractivity contribution in [1.82, 2.24) is 9.55 Å². The molecule has 0 fully saturated rings. The monoisotopic (exact) mass is 255 g/mol. The normalized spacial score (nSPS) is 17.9. The van der Waals surface area contributed by atoms with Gasteiger partial charge in [0.05, 0.1) is 11.7 Å². The molecule has 2 heterocycles. The summed E-state index contributed by atoms with van der Waals surface area (Å²) in [5, 5.41) is 3.39. The lowest BCUT2D eigenvalue weighted by Crippen LogP contribution is -2.23. The van der Waals surface area contributed by atoms with Gasteiger partial charge in [-0.2, -0.15) is 0 Å². The first-order valence-corrected chi connectivity index (χ1v) is 7.22. The zero-order valence-electron chi connectivity index (χ0n) is 11.7. The van der Waals surface area contributed by atoms with Gasteiger partial charge in [-0.1, -0.05) is 38.1 Å². The molecule has 0 aliphatic carbocycles. The number of aryl methyl sites for hydroxylation is 2. The molecule has 1 atom stereocenters. The minimum Gasteiger partial charge on any atom is -0.356 e. The lowest BCUT2D eigenvalue weighted by molar-refractivity contribution is 0.530. The first-order chi connectivity index (χ1) is 9.31. The molecule has 1 aliphatic rings. The molecule has 0 saturated carbocycles. The Bertz CT molecular complexity index is 554. The molecule has 3 heteroatoms. The van der Waals surface area contributed by atoms with Gasteiger partial charge in [0.25, 0.3) is 0 Å². The molecule has 100 valence electrons. The van der Waals surface area contributed by atoms with Gasteiger partial charge < -0.3 is 9.88 Å². The van der Waals surface area contributed by atoms with Crippen molar-refractivity contribution in [3.63, 3.8) is 0 Å². The number of aromatic nitrogens is 2. The van der Waals surface area contributed by atoms with E-state index in [0.717, 1.165) is 31.8 Å².